The highest BCUT2D eigenvalue weighted by Gasteiger charge is 2.14. The van der Waals surface area contributed by atoms with Gasteiger partial charge in [0.2, 0.25) is 5.91 Å². The van der Waals surface area contributed by atoms with Crippen molar-refractivity contribution in [2.45, 2.75) is 26.3 Å². The first-order chi connectivity index (χ1) is 9.58. The van der Waals surface area contributed by atoms with Crippen molar-refractivity contribution >= 4 is 17.2 Å². The van der Waals surface area contributed by atoms with Crippen LogP contribution in [0.2, 0.25) is 0 Å². The van der Waals surface area contributed by atoms with Gasteiger partial charge in [-0.25, -0.2) is 4.98 Å². The highest BCUT2D eigenvalue weighted by atomic mass is 32.1. The first-order valence-corrected chi connectivity index (χ1v) is 7.40. The number of hydrogen-bond acceptors (Lipinski definition) is 4. The fraction of sp³-hybridized carbons (Fsp3) is 0.333. The molecule has 0 aliphatic heterocycles. The smallest absolute Gasteiger partial charge is 0.241 e. The molecule has 0 saturated heterocycles. The molecule has 1 amide bonds. The summed E-state index contributed by atoms with van der Waals surface area (Å²) in [7, 11) is 0. The van der Waals surface area contributed by atoms with E-state index in [0.717, 1.165) is 22.7 Å². The summed E-state index contributed by atoms with van der Waals surface area (Å²) >= 11 is 1.68. The van der Waals surface area contributed by atoms with Crippen molar-refractivity contribution in [3.8, 4) is 0 Å². The maximum absolute atomic E-state index is 12.0. The van der Waals surface area contributed by atoms with Crippen molar-refractivity contribution in [3.63, 3.8) is 0 Å². The number of thiazole rings is 1. The molecule has 1 aromatic carbocycles. The molecular formula is C15H19N3OS. The minimum absolute atomic E-state index is 0.152. The number of aryl methyl sites for hydroxylation is 2. The van der Waals surface area contributed by atoms with E-state index in [2.05, 4.69) is 17.2 Å². The van der Waals surface area contributed by atoms with Crippen molar-refractivity contribution in [1.82, 2.24) is 10.3 Å². The van der Waals surface area contributed by atoms with Crippen LogP contribution in [0.1, 0.15) is 27.2 Å². The summed E-state index contributed by atoms with van der Waals surface area (Å²) in [6, 6.07) is 8.76. The number of amides is 1. The van der Waals surface area contributed by atoms with Gasteiger partial charge in [-0.2, -0.15) is 0 Å². The predicted molar refractivity (Wildman–Crippen MR) is 81.7 cm³/mol. The lowest BCUT2D eigenvalue weighted by molar-refractivity contribution is -0.122. The molecule has 4 nitrogen and oxygen atoms in total. The molecule has 20 heavy (non-hydrogen) atoms. The lowest BCUT2D eigenvalue weighted by Gasteiger charge is -2.11. The Morgan fingerprint density at radius 2 is 2.05 bits per heavy atom. The van der Waals surface area contributed by atoms with Crippen LogP contribution >= 0.6 is 11.3 Å². The zero-order chi connectivity index (χ0) is 14.5. The van der Waals surface area contributed by atoms with Crippen molar-refractivity contribution < 1.29 is 4.79 Å². The number of nitrogens with one attached hydrogen (secondary N) is 1. The summed E-state index contributed by atoms with van der Waals surface area (Å²) in [6.45, 7) is 4.62. The van der Waals surface area contributed by atoms with Crippen LogP contribution in [-0.2, 0) is 11.2 Å². The van der Waals surface area contributed by atoms with E-state index in [4.69, 9.17) is 5.73 Å². The van der Waals surface area contributed by atoms with Crippen LogP contribution in [0, 0.1) is 13.8 Å². The molecule has 0 radical (unpaired) electrons. The van der Waals surface area contributed by atoms with E-state index in [1.807, 2.05) is 37.3 Å². The fourth-order valence-corrected chi connectivity index (χ4v) is 2.79. The molecule has 0 aliphatic rings. The number of carbonyl (C=O) groups excluding carboxylic acids is 1. The molecule has 3 N–H and O–H groups in total. The SMILES string of the molecule is Cc1nc(CCNC(=O)C(N)c2ccccc2)sc1C. The normalized spacial score (nSPS) is 12.2. The number of nitrogens with two attached hydrogens (primary N) is 1. The number of benzene rings is 1. The summed E-state index contributed by atoms with van der Waals surface area (Å²) < 4.78 is 0. The largest absolute Gasteiger partial charge is 0.354 e. The topological polar surface area (TPSA) is 68.0 Å². The maximum Gasteiger partial charge on any atom is 0.241 e. The summed E-state index contributed by atoms with van der Waals surface area (Å²) in [5, 5.41) is 3.91. The van der Waals surface area contributed by atoms with Crippen LogP contribution < -0.4 is 11.1 Å². The average molecular weight is 289 g/mol. The number of aromatic nitrogens is 1. The maximum atomic E-state index is 12.0. The molecular weight excluding hydrogens is 270 g/mol. The average Bonchev–Trinajstić information content (AvgIpc) is 2.77. The van der Waals surface area contributed by atoms with E-state index in [0.29, 0.717) is 6.54 Å². The summed E-state index contributed by atoms with van der Waals surface area (Å²) in [5.74, 6) is -0.152. The van der Waals surface area contributed by atoms with E-state index in [1.165, 1.54) is 4.88 Å². The molecule has 1 atom stereocenters. The third-order valence-electron chi connectivity index (χ3n) is 3.15. The second-order valence-electron chi connectivity index (χ2n) is 4.68. The van der Waals surface area contributed by atoms with Crippen molar-refractivity contribution in [2.24, 2.45) is 5.73 Å². The van der Waals surface area contributed by atoms with Gasteiger partial charge in [0.25, 0.3) is 0 Å². The molecule has 2 aromatic rings. The van der Waals surface area contributed by atoms with Gasteiger partial charge >= 0.3 is 0 Å². The Hall–Kier alpha value is -1.72. The van der Waals surface area contributed by atoms with Crippen molar-refractivity contribution in [1.29, 1.82) is 0 Å². The number of rotatable bonds is 5. The van der Waals surface area contributed by atoms with Gasteiger partial charge in [0, 0.05) is 17.8 Å². The van der Waals surface area contributed by atoms with Gasteiger partial charge in [0.05, 0.1) is 10.7 Å². The molecule has 1 unspecified atom stereocenters. The van der Waals surface area contributed by atoms with Gasteiger partial charge < -0.3 is 11.1 Å². The van der Waals surface area contributed by atoms with E-state index >= 15 is 0 Å². The van der Waals surface area contributed by atoms with Gasteiger partial charge in [0.1, 0.15) is 6.04 Å². The molecule has 0 aliphatic carbocycles. The zero-order valence-corrected chi connectivity index (χ0v) is 12.5. The highest BCUT2D eigenvalue weighted by Crippen LogP contribution is 2.16. The van der Waals surface area contributed by atoms with Crippen molar-refractivity contribution in [3.05, 3.63) is 51.5 Å². The molecule has 106 valence electrons. The Kier molecular flexibility index (Phi) is 4.87. The first kappa shape index (κ1) is 14.7. The van der Waals surface area contributed by atoms with Crippen LogP contribution in [-0.4, -0.2) is 17.4 Å². The van der Waals surface area contributed by atoms with E-state index < -0.39 is 6.04 Å². The van der Waals surface area contributed by atoms with Gasteiger partial charge in [0.15, 0.2) is 0 Å². The lowest BCUT2D eigenvalue weighted by atomic mass is 10.1. The highest BCUT2D eigenvalue weighted by molar-refractivity contribution is 7.11. The Morgan fingerprint density at radius 1 is 1.35 bits per heavy atom. The van der Waals surface area contributed by atoms with Crippen molar-refractivity contribution in [2.75, 3.05) is 6.54 Å². The molecule has 1 heterocycles. The Bertz CT molecular complexity index is 561. The van der Waals surface area contributed by atoms with E-state index in [1.54, 1.807) is 11.3 Å². The lowest BCUT2D eigenvalue weighted by Crippen LogP contribution is -2.35. The summed E-state index contributed by atoms with van der Waals surface area (Å²) in [5.41, 5.74) is 7.81. The van der Waals surface area contributed by atoms with Gasteiger partial charge in [-0.15, -0.1) is 11.3 Å². The first-order valence-electron chi connectivity index (χ1n) is 6.59. The monoisotopic (exact) mass is 289 g/mol. The zero-order valence-electron chi connectivity index (χ0n) is 11.7. The molecule has 0 bridgehead atoms. The number of hydrogen-bond donors (Lipinski definition) is 2. The van der Waals surface area contributed by atoms with E-state index in [9.17, 15) is 4.79 Å². The molecule has 0 spiro atoms. The standard InChI is InChI=1S/C15H19N3OS/c1-10-11(2)20-13(18-10)8-9-17-15(19)14(16)12-6-4-3-5-7-12/h3-7,14H,8-9,16H2,1-2H3,(H,17,19). The Morgan fingerprint density at radius 3 is 2.65 bits per heavy atom. The molecule has 1 aromatic heterocycles. The molecule has 5 heteroatoms. The van der Waals surface area contributed by atoms with Gasteiger partial charge in [-0.05, 0) is 19.4 Å². The second-order valence-corrected chi connectivity index (χ2v) is 5.97. The van der Waals surface area contributed by atoms with Crippen LogP contribution in [0.25, 0.3) is 0 Å². The third-order valence-corrected chi connectivity index (χ3v) is 4.28. The van der Waals surface area contributed by atoms with Gasteiger partial charge in [-0.3, -0.25) is 4.79 Å². The summed E-state index contributed by atoms with van der Waals surface area (Å²) in [4.78, 5) is 17.6. The fourth-order valence-electron chi connectivity index (χ4n) is 1.86. The quantitative estimate of drug-likeness (QED) is 0.886. The number of nitrogens with zero attached hydrogens (tertiary/aromatic N) is 1. The second kappa shape index (κ2) is 6.63. The van der Waals surface area contributed by atoms with Crippen LogP contribution in [0.4, 0.5) is 0 Å². The number of carbonyl (C=O) groups is 1. The molecule has 0 saturated carbocycles. The van der Waals surface area contributed by atoms with E-state index in [-0.39, 0.29) is 5.91 Å². The summed E-state index contributed by atoms with van der Waals surface area (Å²) in [6.07, 6.45) is 0.743. The Balaban J connectivity index is 1.83. The minimum Gasteiger partial charge on any atom is -0.354 e. The van der Waals surface area contributed by atoms with Crippen LogP contribution in [0.15, 0.2) is 30.3 Å². The van der Waals surface area contributed by atoms with Crippen LogP contribution in [0.5, 0.6) is 0 Å². The van der Waals surface area contributed by atoms with Crippen LogP contribution in [0.3, 0.4) is 0 Å². The van der Waals surface area contributed by atoms with Gasteiger partial charge in [-0.1, -0.05) is 30.3 Å². The molecule has 0 fully saturated rings. The third kappa shape index (κ3) is 3.65. The predicted octanol–water partition coefficient (Wildman–Crippen LogP) is 2.12. The minimum atomic E-state index is -0.615. The Labute approximate surface area is 123 Å². The molecule has 2 rings (SSSR count).